The van der Waals surface area contributed by atoms with E-state index in [1.807, 2.05) is 6.08 Å². The number of fused-ring (bicyclic) bond motifs is 5. The predicted molar refractivity (Wildman–Crippen MR) is 112 cm³/mol. The Balaban J connectivity index is 1.56. The second-order valence-corrected chi connectivity index (χ2v) is 10.9. The number of aliphatic hydroxyl groups is 1. The molecule has 29 heavy (non-hydrogen) atoms. The van der Waals surface area contributed by atoms with Gasteiger partial charge in [0.25, 0.3) is 0 Å². The van der Waals surface area contributed by atoms with E-state index >= 15 is 0 Å². The lowest BCUT2D eigenvalue weighted by Crippen LogP contribution is -2.55. The van der Waals surface area contributed by atoms with Gasteiger partial charge in [0.05, 0.1) is 13.2 Å². The van der Waals surface area contributed by atoms with Crippen LogP contribution in [-0.4, -0.2) is 30.1 Å². The second-order valence-electron chi connectivity index (χ2n) is 10.9. The Morgan fingerprint density at radius 3 is 2.72 bits per heavy atom. The molecule has 1 N–H and O–H groups in total. The monoisotopic (exact) mass is 402 g/mol. The quantitative estimate of drug-likeness (QED) is 0.693. The van der Waals surface area contributed by atoms with Crippen LogP contribution in [0.4, 0.5) is 0 Å². The molecule has 4 heteroatoms. The van der Waals surface area contributed by atoms with E-state index < -0.39 is 0 Å². The summed E-state index contributed by atoms with van der Waals surface area (Å²) in [5.74, 6) is 2.64. The van der Waals surface area contributed by atoms with Crippen LogP contribution in [0.3, 0.4) is 0 Å². The molecular weight excluding hydrogens is 364 g/mol. The first kappa shape index (κ1) is 21.1. The first-order chi connectivity index (χ1) is 13.7. The fourth-order valence-electron chi connectivity index (χ4n) is 8.15. The number of aliphatic hydroxyl groups excluding tert-OH is 1. The highest BCUT2D eigenvalue weighted by Crippen LogP contribution is 2.67. The number of rotatable bonds is 4. The second kappa shape index (κ2) is 7.51. The summed E-state index contributed by atoms with van der Waals surface area (Å²) < 4.78 is 4.85. The summed E-state index contributed by atoms with van der Waals surface area (Å²) in [4.78, 5) is 23.7. The highest BCUT2D eigenvalue weighted by Gasteiger charge is 2.61. The number of methoxy groups -OCH3 is 1. The summed E-state index contributed by atoms with van der Waals surface area (Å²) in [6.07, 6.45) is 9.98. The lowest BCUT2D eigenvalue weighted by molar-refractivity contribution is -0.141. The fourth-order valence-corrected chi connectivity index (χ4v) is 8.15. The molecule has 0 aromatic carbocycles. The van der Waals surface area contributed by atoms with Gasteiger partial charge >= 0.3 is 5.97 Å². The molecule has 8 unspecified atom stereocenters. The van der Waals surface area contributed by atoms with Gasteiger partial charge in [0.15, 0.2) is 5.78 Å². The minimum Gasteiger partial charge on any atom is -0.469 e. The van der Waals surface area contributed by atoms with E-state index in [0.29, 0.717) is 48.9 Å². The van der Waals surface area contributed by atoms with Crippen molar-refractivity contribution in [3.05, 3.63) is 11.6 Å². The molecule has 3 saturated carbocycles. The molecule has 0 amide bonds. The fraction of sp³-hybridized carbons (Fsp3) is 0.840. The molecule has 0 aliphatic heterocycles. The standard InChI is InChI=1S/C25H38O4/c1-15(5-8-22(28)29-4)18-6-7-19-23-20(10-12-25(18,19)3)24(2)11-9-17(26)13-16(24)14-21(23)27/h13,15,18-21,23,27H,5-12,14H2,1-4H3. The summed E-state index contributed by atoms with van der Waals surface area (Å²) in [7, 11) is 1.47. The number of hydrogen-bond donors (Lipinski definition) is 1. The molecule has 0 radical (unpaired) electrons. The minimum absolute atomic E-state index is 0.0910. The van der Waals surface area contributed by atoms with Gasteiger partial charge in [0, 0.05) is 12.8 Å². The zero-order chi connectivity index (χ0) is 21.0. The van der Waals surface area contributed by atoms with Crippen LogP contribution >= 0.6 is 0 Å². The zero-order valence-corrected chi connectivity index (χ0v) is 18.6. The molecule has 4 rings (SSSR count). The average molecular weight is 403 g/mol. The SMILES string of the molecule is COC(=O)CCC(C)C1CCC2C3C(O)CC4=CC(=O)CCC4(C)C3CCC12C. The molecule has 3 fully saturated rings. The molecule has 0 heterocycles. The number of hydrogen-bond acceptors (Lipinski definition) is 4. The van der Waals surface area contributed by atoms with Gasteiger partial charge < -0.3 is 9.84 Å². The Bertz CT molecular complexity index is 712. The Morgan fingerprint density at radius 2 is 2.00 bits per heavy atom. The third kappa shape index (κ3) is 3.30. The molecule has 4 aliphatic carbocycles. The van der Waals surface area contributed by atoms with Crippen LogP contribution in [0.25, 0.3) is 0 Å². The van der Waals surface area contributed by atoms with E-state index in [0.717, 1.165) is 19.3 Å². The topological polar surface area (TPSA) is 63.6 Å². The van der Waals surface area contributed by atoms with E-state index in [1.54, 1.807) is 0 Å². The van der Waals surface area contributed by atoms with Gasteiger partial charge in [-0.15, -0.1) is 0 Å². The van der Waals surface area contributed by atoms with Crippen LogP contribution < -0.4 is 0 Å². The summed E-state index contributed by atoms with van der Waals surface area (Å²) in [6, 6.07) is 0. The molecule has 162 valence electrons. The maximum absolute atomic E-state index is 12.0. The molecule has 0 bridgehead atoms. The Labute approximate surface area is 175 Å². The van der Waals surface area contributed by atoms with Crippen molar-refractivity contribution < 1.29 is 19.4 Å². The van der Waals surface area contributed by atoms with Crippen molar-refractivity contribution >= 4 is 11.8 Å². The largest absolute Gasteiger partial charge is 0.469 e. The van der Waals surface area contributed by atoms with Crippen LogP contribution in [0.1, 0.15) is 78.6 Å². The van der Waals surface area contributed by atoms with Crippen LogP contribution in [0.15, 0.2) is 11.6 Å². The van der Waals surface area contributed by atoms with E-state index in [-0.39, 0.29) is 28.7 Å². The minimum atomic E-state index is -0.320. The summed E-state index contributed by atoms with van der Waals surface area (Å²) in [5, 5.41) is 11.2. The van der Waals surface area contributed by atoms with Crippen LogP contribution in [-0.2, 0) is 14.3 Å². The predicted octanol–water partition coefficient (Wildman–Crippen LogP) is 4.69. The normalized spacial score (nSPS) is 44.9. The van der Waals surface area contributed by atoms with Crippen molar-refractivity contribution in [2.75, 3.05) is 7.11 Å². The molecule has 0 aromatic rings. The number of carbonyl (C=O) groups is 2. The van der Waals surface area contributed by atoms with Crippen LogP contribution in [0, 0.1) is 40.4 Å². The van der Waals surface area contributed by atoms with Crippen molar-refractivity contribution in [1.29, 1.82) is 0 Å². The lowest BCUT2D eigenvalue weighted by atomic mass is 9.45. The van der Waals surface area contributed by atoms with Crippen molar-refractivity contribution in [3.63, 3.8) is 0 Å². The zero-order valence-electron chi connectivity index (χ0n) is 18.6. The molecule has 8 atom stereocenters. The first-order valence-electron chi connectivity index (χ1n) is 11.7. The van der Waals surface area contributed by atoms with E-state index in [4.69, 9.17) is 4.74 Å². The Morgan fingerprint density at radius 1 is 1.24 bits per heavy atom. The molecule has 0 aromatic heterocycles. The van der Waals surface area contributed by atoms with Crippen LogP contribution in [0.2, 0.25) is 0 Å². The smallest absolute Gasteiger partial charge is 0.305 e. The van der Waals surface area contributed by atoms with Crippen LogP contribution in [0.5, 0.6) is 0 Å². The summed E-state index contributed by atoms with van der Waals surface area (Å²) in [6.45, 7) is 7.13. The highest BCUT2D eigenvalue weighted by atomic mass is 16.5. The third-order valence-corrected chi connectivity index (χ3v) is 9.78. The van der Waals surface area contributed by atoms with Gasteiger partial charge in [0.2, 0.25) is 0 Å². The van der Waals surface area contributed by atoms with Gasteiger partial charge in [0.1, 0.15) is 0 Å². The maximum atomic E-state index is 12.0. The Hall–Kier alpha value is -1.16. The van der Waals surface area contributed by atoms with E-state index in [2.05, 4.69) is 20.8 Å². The molecule has 4 aliphatic rings. The van der Waals surface area contributed by atoms with Gasteiger partial charge in [-0.25, -0.2) is 0 Å². The number of carbonyl (C=O) groups excluding carboxylic acids is 2. The average Bonchev–Trinajstić information content (AvgIpc) is 3.04. The van der Waals surface area contributed by atoms with Crippen molar-refractivity contribution in [2.45, 2.75) is 84.7 Å². The summed E-state index contributed by atoms with van der Waals surface area (Å²) >= 11 is 0. The Kier molecular flexibility index (Phi) is 5.46. The van der Waals surface area contributed by atoms with E-state index in [1.165, 1.54) is 31.9 Å². The number of ketones is 1. The van der Waals surface area contributed by atoms with Gasteiger partial charge in [-0.05, 0) is 91.4 Å². The molecular formula is C25H38O4. The molecule has 0 saturated heterocycles. The van der Waals surface area contributed by atoms with Crippen molar-refractivity contribution in [1.82, 2.24) is 0 Å². The van der Waals surface area contributed by atoms with E-state index in [9.17, 15) is 14.7 Å². The molecule has 4 nitrogen and oxygen atoms in total. The van der Waals surface area contributed by atoms with Crippen molar-refractivity contribution in [3.8, 4) is 0 Å². The maximum Gasteiger partial charge on any atom is 0.305 e. The highest BCUT2D eigenvalue weighted by molar-refractivity contribution is 5.91. The van der Waals surface area contributed by atoms with Crippen molar-refractivity contribution in [2.24, 2.45) is 40.4 Å². The number of ether oxygens (including phenoxy) is 1. The summed E-state index contributed by atoms with van der Waals surface area (Å²) in [5.41, 5.74) is 1.56. The van der Waals surface area contributed by atoms with Gasteiger partial charge in [-0.1, -0.05) is 26.3 Å². The first-order valence-corrected chi connectivity index (χ1v) is 11.7. The lowest BCUT2D eigenvalue weighted by Gasteiger charge is -2.59. The third-order valence-electron chi connectivity index (χ3n) is 9.78. The number of esters is 1. The molecule has 0 spiro atoms. The van der Waals surface area contributed by atoms with Gasteiger partial charge in [-0.2, -0.15) is 0 Å². The van der Waals surface area contributed by atoms with Gasteiger partial charge in [-0.3, -0.25) is 9.59 Å².